The lowest BCUT2D eigenvalue weighted by Gasteiger charge is -2.26. The van der Waals surface area contributed by atoms with Crippen molar-refractivity contribution in [2.24, 2.45) is 11.7 Å². The first-order valence-corrected chi connectivity index (χ1v) is 6.73. The van der Waals surface area contributed by atoms with Crippen LogP contribution in [0.15, 0.2) is 17.1 Å². The van der Waals surface area contributed by atoms with Crippen molar-refractivity contribution >= 4 is 24.0 Å². The number of anilines is 1. The van der Waals surface area contributed by atoms with Crippen LogP contribution in [0.1, 0.15) is 18.4 Å². The van der Waals surface area contributed by atoms with E-state index >= 15 is 0 Å². The number of nitrogens with two attached hydrogens (primary N) is 1. The number of ether oxygens (including phenoxy) is 1. The van der Waals surface area contributed by atoms with Crippen molar-refractivity contribution in [1.82, 2.24) is 4.98 Å². The average molecular weight is 356 g/mol. The molecule has 0 bridgehead atoms. The van der Waals surface area contributed by atoms with Gasteiger partial charge in [-0.2, -0.15) is 13.2 Å². The largest absolute Gasteiger partial charge is 0.417 e. The number of hydrogen-bond donors (Lipinski definition) is 3. The number of H-pyrrole nitrogens is 1. The van der Waals surface area contributed by atoms with E-state index in [1.54, 1.807) is 0 Å². The molecule has 1 aliphatic heterocycles. The van der Waals surface area contributed by atoms with Gasteiger partial charge < -0.3 is 20.8 Å². The molecule has 1 atom stereocenters. The molecule has 1 aromatic rings. The molecule has 23 heavy (non-hydrogen) atoms. The van der Waals surface area contributed by atoms with Gasteiger partial charge in [-0.15, -0.1) is 12.4 Å². The molecular formula is C13H17ClF3N3O3. The fourth-order valence-corrected chi connectivity index (χ4v) is 2.25. The van der Waals surface area contributed by atoms with Gasteiger partial charge >= 0.3 is 6.18 Å². The van der Waals surface area contributed by atoms with Crippen molar-refractivity contribution in [2.75, 3.05) is 18.5 Å². The number of rotatable bonds is 3. The van der Waals surface area contributed by atoms with Gasteiger partial charge in [0, 0.05) is 19.4 Å². The highest BCUT2D eigenvalue weighted by Gasteiger charge is 2.32. The Morgan fingerprint density at radius 2 is 2.00 bits per heavy atom. The summed E-state index contributed by atoms with van der Waals surface area (Å²) in [6.45, 7) is 0.964. The molecule has 1 amide bonds. The molecule has 0 spiro atoms. The smallest absolute Gasteiger partial charge is 0.381 e. The molecule has 1 unspecified atom stereocenters. The minimum Gasteiger partial charge on any atom is -0.381 e. The van der Waals surface area contributed by atoms with Crippen LogP contribution in [0.25, 0.3) is 0 Å². The van der Waals surface area contributed by atoms with Crippen LogP contribution in [-0.2, 0) is 15.7 Å². The topological polar surface area (TPSA) is 97.2 Å². The van der Waals surface area contributed by atoms with Crippen LogP contribution in [-0.4, -0.2) is 30.1 Å². The van der Waals surface area contributed by atoms with E-state index in [1.807, 2.05) is 4.98 Å². The molecule has 1 aliphatic rings. The Morgan fingerprint density at radius 1 is 1.39 bits per heavy atom. The Kier molecular flexibility index (Phi) is 6.60. The number of alkyl halides is 3. The highest BCUT2D eigenvalue weighted by atomic mass is 35.5. The molecule has 4 N–H and O–H groups in total. The third-order valence-electron chi connectivity index (χ3n) is 3.57. The first-order valence-electron chi connectivity index (χ1n) is 6.73. The zero-order chi connectivity index (χ0) is 16.3. The van der Waals surface area contributed by atoms with Gasteiger partial charge in [0.1, 0.15) is 5.69 Å². The summed E-state index contributed by atoms with van der Waals surface area (Å²) < 4.78 is 43.0. The van der Waals surface area contributed by atoms with Crippen LogP contribution in [0.4, 0.5) is 18.9 Å². The predicted molar refractivity (Wildman–Crippen MR) is 79.5 cm³/mol. The Bertz CT molecular complexity index is 600. The zero-order valence-electron chi connectivity index (χ0n) is 12.0. The van der Waals surface area contributed by atoms with Crippen molar-refractivity contribution in [2.45, 2.75) is 25.1 Å². The van der Waals surface area contributed by atoms with Crippen molar-refractivity contribution in [1.29, 1.82) is 0 Å². The summed E-state index contributed by atoms with van der Waals surface area (Å²) in [6, 6.07) is -0.314. The van der Waals surface area contributed by atoms with Crippen LogP contribution < -0.4 is 16.6 Å². The fourth-order valence-electron chi connectivity index (χ4n) is 2.25. The molecule has 1 saturated heterocycles. The van der Waals surface area contributed by atoms with E-state index in [0.29, 0.717) is 38.3 Å². The predicted octanol–water partition coefficient (Wildman–Crippen LogP) is 1.51. The van der Waals surface area contributed by atoms with Gasteiger partial charge in [-0.3, -0.25) is 9.59 Å². The SMILES string of the molecule is Cl.NC(C(=O)Nc1cc(C(F)(F)F)c[nH]c1=O)C1CCOCC1. The summed E-state index contributed by atoms with van der Waals surface area (Å²) in [5, 5.41) is 2.17. The summed E-state index contributed by atoms with van der Waals surface area (Å²) in [4.78, 5) is 25.5. The normalized spacial score (nSPS) is 17.2. The molecule has 6 nitrogen and oxygen atoms in total. The standard InChI is InChI=1S/C13H16F3N3O3.ClH/c14-13(15,16)8-5-9(11(20)18-6-8)19-12(21)10(17)7-1-3-22-4-2-7;/h5-7,10H,1-4,17H2,(H,18,20)(H,19,21);1H. The molecule has 10 heteroatoms. The van der Waals surface area contributed by atoms with Crippen molar-refractivity contribution in [3.05, 3.63) is 28.2 Å². The van der Waals surface area contributed by atoms with E-state index in [9.17, 15) is 22.8 Å². The van der Waals surface area contributed by atoms with Crippen LogP contribution in [0.5, 0.6) is 0 Å². The summed E-state index contributed by atoms with van der Waals surface area (Å²) >= 11 is 0. The van der Waals surface area contributed by atoms with E-state index < -0.39 is 34.9 Å². The maximum absolute atomic E-state index is 12.6. The average Bonchev–Trinajstić information content (AvgIpc) is 2.48. The van der Waals surface area contributed by atoms with E-state index in [0.717, 1.165) is 0 Å². The molecule has 1 fully saturated rings. The molecule has 0 aliphatic carbocycles. The van der Waals surface area contributed by atoms with E-state index in [2.05, 4.69) is 5.32 Å². The number of nitrogens with one attached hydrogen (secondary N) is 2. The maximum atomic E-state index is 12.6. The Morgan fingerprint density at radius 3 is 2.57 bits per heavy atom. The van der Waals surface area contributed by atoms with Gasteiger partial charge in [-0.05, 0) is 24.8 Å². The number of aromatic nitrogens is 1. The second-order valence-electron chi connectivity index (χ2n) is 5.09. The second kappa shape index (κ2) is 7.80. The third-order valence-corrected chi connectivity index (χ3v) is 3.57. The minimum atomic E-state index is -4.62. The maximum Gasteiger partial charge on any atom is 0.417 e. The van der Waals surface area contributed by atoms with Gasteiger partial charge in [-0.25, -0.2) is 0 Å². The quantitative estimate of drug-likeness (QED) is 0.765. The third kappa shape index (κ3) is 4.95. The van der Waals surface area contributed by atoms with Crippen LogP contribution in [0.3, 0.4) is 0 Å². The molecule has 0 radical (unpaired) electrons. The minimum absolute atomic E-state index is 0. The van der Waals surface area contributed by atoms with Crippen LogP contribution >= 0.6 is 12.4 Å². The Hall–Kier alpha value is -1.58. The molecule has 130 valence electrons. The van der Waals surface area contributed by atoms with Gasteiger partial charge in [0.15, 0.2) is 0 Å². The summed E-state index contributed by atoms with van der Waals surface area (Å²) in [6.07, 6.45) is -2.88. The van der Waals surface area contributed by atoms with Crippen molar-refractivity contribution in [3.8, 4) is 0 Å². The summed E-state index contributed by atoms with van der Waals surface area (Å²) in [7, 11) is 0. The first kappa shape index (κ1) is 19.5. The van der Waals surface area contributed by atoms with Gasteiger partial charge in [0.25, 0.3) is 5.56 Å². The van der Waals surface area contributed by atoms with Crippen LogP contribution in [0, 0.1) is 5.92 Å². The first-order chi connectivity index (χ1) is 10.3. The van der Waals surface area contributed by atoms with Gasteiger partial charge in [0.2, 0.25) is 5.91 Å². The molecule has 0 saturated carbocycles. The Balaban J connectivity index is 0.00000264. The lowest BCUT2D eigenvalue weighted by atomic mass is 9.92. The van der Waals surface area contributed by atoms with E-state index in [1.165, 1.54) is 0 Å². The fraction of sp³-hybridized carbons (Fsp3) is 0.538. The number of carbonyl (C=O) groups excluding carboxylic acids is 1. The van der Waals surface area contributed by atoms with Crippen molar-refractivity contribution < 1.29 is 22.7 Å². The van der Waals surface area contributed by atoms with Crippen LogP contribution in [0.2, 0.25) is 0 Å². The monoisotopic (exact) mass is 355 g/mol. The summed E-state index contributed by atoms with van der Waals surface area (Å²) in [5.74, 6) is -0.810. The van der Waals surface area contributed by atoms with Gasteiger partial charge in [0.05, 0.1) is 11.6 Å². The molecule has 1 aromatic heterocycles. The molecule has 0 aromatic carbocycles. The zero-order valence-corrected chi connectivity index (χ0v) is 12.8. The number of hydrogen-bond acceptors (Lipinski definition) is 4. The Labute approximate surface area is 136 Å². The molecule has 2 heterocycles. The van der Waals surface area contributed by atoms with E-state index in [-0.39, 0.29) is 18.3 Å². The number of halogens is 4. The second-order valence-corrected chi connectivity index (χ2v) is 5.09. The number of aromatic amines is 1. The van der Waals surface area contributed by atoms with E-state index in [4.69, 9.17) is 10.5 Å². The lowest BCUT2D eigenvalue weighted by Crippen LogP contribution is -2.44. The van der Waals surface area contributed by atoms with Crippen molar-refractivity contribution in [3.63, 3.8) is 0 Å². The number of carbonyl (C=O) groups is 1. The number of amides is 1. The summed E-state index contributed by atoms with van der Waals surface area (Å²) in [5.41, 5.74) is 3.47. The lowest BCUT2D eigenvalue weighted by molar-refractivity contribution is -0.137. The van der Waals surface area contributed by atoms with Gasteiger partial charge in [-0.1, -0.05) is 0 Å². The highest BCUT2D eigenvalue weighted by molar-refractivity contribution is 5.94. The molecular weight excluding hydrogens is 339 g/mol. The number of pyridine rings is 1. The molecule has 2 rings (SSSR count). The highest BCUT2D eigenvalue weighted by Crippen LogP contribution is 2.29.